The third kappa shape index (κ3) is 7.21. The number of amides is 1. The van der Waals surface area contributed by atoms with Gasteiger partial charge in [-0.3, -0.25) is 4.79 Å². The Morgan fingerprint density at radius 2 is 2.21 bits per heavy atom. The summed E-state index contributed by atoms with van der Waals surface area (Å²) in [6, 6.07) is 0. The first-order valence-electron chi connectivity index (χ1n) is 5.22. The Labute approximate surface area is 90.7 Å². The second-order valence-electron chi connectivity index (χ2n) is 3.23. The van der Waals surface area contributed by atoms with Gasteiger partial charge < -0.3 is 10.4 Å². The summed E-state index contributed by atoms with van der Waals surface area (Å²) < 4.78 is 0. The molecule has 0 fully saturated rings. The lowest BCUT2D eigenvalue weighted by molar-refractivity contribution is -0.120. The molecule has 1 amide bonds. The first-order chi connectivity index (χ1) is 6.72. The first kappa shape index (κ1) is 13.8. The Balaban J connectivity index is 3.42. The first-order valence-corrected chi connectivity index (χ1v) is 6.27. The van der Waals surface area contributed by atoms with E-state index in [2.05, 4.69) is 12.2 Å². The van der Waals surface area contributed by atoms with E-state index in [9.17, 15) is 4.79 Å². The van der Waals surface area contributed by atoms with Crippen molar-refractivity contribution in [2.75, 3.05) is 18.9 Å². The molecule has 0 heterocycles. The number of thioether (sulfide) groups is 1. The molecule has 4 heteroatoms. The van der Waals surface area contributed by atoms with Crippen molar-refractivity contribution in [3.63, 3.8) is 0 Å². The Morgan fingerprint density at radius 3 is 2.79 bits per heavy atom. The van der Waals surface area contributed by atoms with Crippen LogP contribution in [0.5, 0.6) is 0 Å². The van der Waals surface area contributed by atoms with Crippen LogP contribution in [0.1, 0.15) is 33.1 Å². The number of hydrogen-bond donors (Lipinski definition) is 2. The summed E-state index contributed by atoms with van der Waals surface area (Å²) in [4.78, 5) is 11.4. The molecule has 1 unspecified atom stereocenters. The Kier molecular flexibility index (Phi) is 9.19. The van der Waals surface area contributed by atoms with E-state index in [0.717, 1.165) is 13.0 Å². The molecule has 0 aliphatic carbocycles. The average Bonchev–Trinajstić information content (AvgIpc) is 2.20. The van der Waals surface area contributed by atoms with Crippen molar-refractivity contribution in [3.05, 3.63) is 0 Å². The molecule has 0 bridgehead atoms. The molecule has 0 aliphatic rings. The SMILES string of the molecule is CCCCCNC(=O)C(C)SCCO. The van der Waals surface area contributed by atoms with Gasteiger partial charge in [0.1, 0.15) is 0 Å². The van der Waals surface area contributed by atoms with Crippen molar-refractivity contribution >= 4 is 17.7 Å². The number of hydrogen-bond acceptors (Lipinski definition) is 3. The van der Waals surface area contributed by atoms with Crippen molar-refractivity contribution in [3.8, 4) is 0 Å². The van der Waals surface area contributed by atoms with Crippen molar-refractivity contribution in [1.29, 1.82) is 0 Å². The zero-order chi connectivity index (χ0) is 10.8. The summed E-state index contributed by atoms with van der Waals surface area (Å²) in [5, 5.41) is 11.4. The van der Waals surface area contributed by atoms with Crippen LogP contribution < -0.4 is 5.32 Å². The molecule has 2 N–H and O–H groups in total. The number of carbonyl (C=O) groups is 1. The molecule has 0 aromatic rings. The van der Waals surface area contributed by atoms with Gasteiger partial charge in [-0.1, -0.05) is 19.8 Å². The molecule has 84 valence electrons. The number of aliphatic hydroxyl groups excluding tert-OH is 1. The van der Waals surface area contributed by atoms with Gasteiger partial charge in [0, 0.05) is 12.3 Å². The summed E-state index contributed by atoms with van der Waals surface area (Å²) in [6.45, 7) is 4.92. The van der Waals surface area contributed by atoms with Crippen LogP contribution in [0.4, 0.5) is 0 Å². The lowest BCUT2D eigenvalue weighted by atomic mass is 10.2. The van der Waals surface area contributed by atoms with Crippen molar-refractivity contribution in [2.45, 2.75) is 38.4 Å². The highest BCUT2D eigenvalue weighted by Crippen LogP contribution is 2.09. The summed E-state index contributed by atoms with van der Waals surface area (Å²) in [6.07, 6.45) is 3.39. The Hall–Kier alpha value is -0.220. The average molecular weight is 219 g/mol. The van der Waals surface area contributed by atoms with E-state index in [0.29, 0.717) is 5.75 Å². The molecule has 0 radical (unpaired) electrons. The molecular formula is C10H21NO2S. The molecule has 1 atom stereocenters. The normalized spacial score (nSPS) is 12.5. The maximum absolute atomic E-state index is 11.4. The molecule has 0 aromatic heterocycles. The fourth-order valence-corrected chi connectivity index (χ4v) is 1.73. The molecule has 0 aromatic carbocycles. The molecule has 0 spiro atoms. The molecule has 0 aliphatic heterocycles. The van der Waals surface area contributed by atoms with Crippen LogP contribution in [0.2, 0.25) is 0 Å². The Bertz CT molecular complexity index is 153. The third-order valence-corrected chi connectivity index (χ3v) is 3.04. The summed E-state index contributed by atoms with van der Waals surface area (Å²) in [5.41, 5.74) is 0. The predicted molar refractivity (Wildman–Crippen MR) is 61.5 cm³/mol. The molecule has 0 rings (SSSR count). The van der Waals surface area contributed by atoms with E-state index >= 15 is 0 Å². The zero-order valence-corrected chi connectivity index (χ0v) is 9.90. The lowest BCUT2D eigenvalue weighted by Crippen LogP contribution is -2.32. The maximum atomic E-state index is 11.4. The van der Waals surface area contributed by atoms with Crippen molar-refractivity contribution in [2.24, 2.45) is 0 Å². The van der Waals surface area contributed by atoms with E-state index in [1.54, 1.807) is 0 Å². The number of nitrogens with one attached hydrogen (secondary N) is 1. The van der Waals surface area contributed by atoms with Gasteiger partial charge in [0.15, 0.2) is 0 Å². The summed E-state index contributed by atoms with van der Waals surface area (Å²) >= 11 is 1.49. The molecule has 0 saturated carbocycles. The van der Waals surface area contributed by atoms with E-state index in [1.165, 1.54) is 24.6 Å². The molecule has 3 nitrogen and oxygen atoms in total. The van der Waals surface area contributed by atoms with Crippen molar-refractivity contribution in [1.82, 2.24) is 5.32 Å². The van der Waals surface area contributed by atoms with Crippen LogP contribution in [0, 0.1) is 0 Å². The van der Waals surface area contributed by atoms with Gasteiger partial charge in [-0.05, 0) is 13.3 Å². The van der Waals surface area contributed by atoms with E-state index < -0.39 is 0 Å². The second kappa shape index (κ2) is 9.34. The minimum Gasteiger partial charge on any atom is -0.396 e. The minimum absolute atomic E-state index is 0.0521. The van der Waals surface area contributed by atoms with Crippen LogP contribution in [0.3, 0.4) is 0 Å². The quantitative estimate of drug-likeness (QED) is 0.607. The van der Waals surface area contributed by atoms with Crippen LogP contribution in [-0.2, 0) is 4.79 Å². The fourth-order valence-electron chi connectivity index (χ4n) is 1.04. The van der Waals surface area contributed by atoms with Crippen LogP contribution in [-0.4, -0.2) is 35.2 Å². The number of rotatable bonds is 8. The largest absolute Gasteiger partial charge is 0.396 e. The molecule has 14 heavy (non-hydrogen) atoms. The summed E-state index contributed by atoms with van der Waals surface area (Å²) in [5.74, 6) is 0.711. The van der Waals surface area contributed by atoms with E-state index in [1.807, 2.05) is 6.92 Å². The topological polar surface area (TPSA) is 49.3 Å². The van der Waals surface area contributed by atoms with Gasteiger partial charge in [-0.15, -0.1) is 11.8 Å². The Morgan fingerprint density at radius 1 is 1.50 bits per heavy atom. The van der Waals surface area contributed by atoms with Gasteiger partial charge >= 0.3 is 0 Å². The van der Waals surface area contributed by atoms with Crippen LogP contribution in [0.25, 0.3) is 0 Å². The standard InChI is InChI=1S/C10H21NO2S/c1-3-4-5-6-11-10(13)9(2)14-8-7-12/h9,12H,3-8H2,1-2H3,(H,11,13). The monoisotopic (exact) mass is 219 g/mol. The molecule has 0 saturated heterocycles. The second-order valence-corrected chi connectivity index (χ2v) is 4.68. The smallest absolute Gasteiger partial charge is 0.232 e. The number of unbranched alkanes of at least 4 members (excludes halogenated alkanes) is 2. The maximum Gasteiger partial charge on any atom is 0.232 e. The van der Waals surface area contributed by atoms with Crippen LogP contribution in [0.15, 0.2) is 0 Å². The number of carbonyl (C=O) groups excluding carboxylic acids is 1. The van der Waals surface area contributed by atoms with Gasteiger partial charge in [0.2, 0.25) is 5.91 Å². The van der Waals surface area contributed by atoms with Crippen molar-refractivity contribution < 1.29 is 9.90 Å². The van der Waals surface area contributed by atoms with Gasteiger partial charge in [0.25, 0.3) is 0 Å². The van der Waals surface area contributed by atoms with Gasteiger partial charge in [0.05, 0.1) is 11.9 Å². The minimum atomic E-state index is -0.0521. The highest BCUT2D eigenvalue weighted by atomic mass is 32.2. The highest BCUT2D eigenvalue weighted by molar-refractivity contribution is 8.00. The van der Waals surface area contributed by atoms with Crippen LogP contribution >= 0.6 is 11.8 Å². The van der Waals surface area contributed by atoms with E-state index in [4.69, 9.17) is 5.11 Å². The fraction of sp³-hybridized carbons (Fsp3) is 0.900. The van der Waals surface area contributed by atoms with Gasteiger partial charge in [-0.25, -0.2) is 0 Å². The molecular weight excluding hydrogens is 198 g/mol. The van der Waals surface area contributed by atoms with Gasteiger partial charge in [-0.2, -0.15) is 0 Å². The van der Waals surface area contributed by atoms with E-state index in [-0.39, 0.29) is 17.8 Å². The number of aliphatic hydroxyl groups is 1. The lowest BCUT2D eigenvalue weighted by Gasteiger charge is -2.10. The third-order valence-electron chi connectivity index (χ3n) is 1.91. The highest BCUT2D eigenvalue weighted by Gasteiger charge is 2.11. The zero-order valence-electron chi connectivity index (χ0n) is 9.08. The summed E-state index contributed by atoms with van der Waals surface area (Å²) in [7, 11) is 0. The predicted octanol–water partition coefficient (Wildman–Crippen LogP) is 1.41.